The third-order valence-electron chi connectivity index (χ3n) is 2.51. The molecule has 0 fully saturated rings. The minimum atomic E-state index is -0.609. The van der Waals surface area contributed by atoms with Gasteiger partial charge in [-0.25, -0.2) is 14.8 Å². The van der Waals surface area contributed by atoms with Gasteiger partial charge in [-0.1, -0.05) is 6.07 Å². The van der Waals surface area contributed by atoms with Crippen LogP contribution in [-0.4, -0.2) is 23.0 Å². The van der Waals surface area contributed by atoms with E-state index in [-0.39, 0.29) is 18.1 Å². The van der Waals surface area contributed by atoms with Gasteiger partial charge in [0.05, 0.1) is 11.6 Å². The number of esters is 1. The van der Waals surface area contributed by atoms with Gasteiger partial charge in [-0.15, -0.1) is 0 Å². The summed E-state index contributed by atoms with van der Waals surface area (Å²) in [6.45, 7) is 0.109. The van der Waals surface area contributed by atoms with Crippen LogP contribution in [0.1, 0.15) is 16.1 Å². The minimum absolute atomic E-state index is 0.0140. The Labute approximate surface area is 124 Å². The molecule has 1 heterocycles. The van der Waals surface area contributed by atoms with E-state index in [0.717, 1.165) is 10.0 Å². The van der Waals surface area contributed by atoms with Crippen molar-refractivity contribution in [3.05, 3.63) is 46.3 Å². The van der Waals surface area contributed by atoms with Gasteiger partial charge in [0, 0.05) is 12.4 Å². The summed E-state index contributed by atoms with van der Waals surface area (Å²) in [4.78, 5) is 19.4. The maximum atomic E-state index is 11.8. The van der Waals surface area contributed by atoms with Crippen LogP contribution in [0.5, 0.6) is 5.75 Å². The molecule has 1 aromatic carbocycles. The van der Waals surface area contributed by atoms with E-state index in [2.05, 4.69) is 25.9 Å². The second-order valence-electron chi connectivity index (χ2n) is 3.84. The molecule has 0 bridgehead atoms. The first-order valence-corrected chi connectivity index (χ1v) is 6.47. The standard InChI is InChI=1S/C13H12BrN3O3/c1-19-10-3-2-8(6-9(10)14)7-20-13(18)11-12(15)17-5-4-16-11/h2-6H,7H2,1H3,(H2,15,17). The first-order chi connectivity index (χ1) is 9.61. The fraction of sp³-hybridized carbons (Fsp3) is 0.154. The zero-order valence-corrected chi connectivity index (χ0v) is 12.3. The summed E-state index contributed by atoms with van der Waals surface area (Å²) in [5.74, 6) is 0.147. The van der Waals surface area contributed by atoms with Gasteiger partial charge in [0.15, 0.2) is 11.5 Å². The molecule has 1 aromatic heterocycles. The van der Waals surface area contributed by atoms with Crippen molar-refractivity contribution in [2.24, 2.45) is 0 Å². The fourth-order valence-corrected chi connectivity index (χ4v) is 2.11. The van der Waals surface area contributed by atoms with Crippen LogP contribution in [0, 0.1) is 0 Å². The largest absolute Gasteiger partial charge is 0.496 e. The maximum Gasteiger partial charge on any atom is 0.361 e. The van der Waals surface area contributed by atoms with Crippen molar-refractivity contribution in [2.75, 3.05) is 12.8 Å². The predicted octanol–water partition coefficient (Wildman–Crippen LogP) is 2.19. The fourth-order valence-electron chi connectivity index (χ4n) is 1.52. The van der Waals surface area contributed by atoms with Crippen molar-refractivity contribution in [3.63, 3.8) is 0 Å². The number of nitrogen functional groups attached to an aromatic ring is 1. The molecule has 2 rings (SSSR count). The van der Waals surface area contributed by atoms with Gasteiger partial charge < -0.3 is 15.2 Å². The first-order valence-electron chi connectivity index (χ1n) is 5.68. The number of anilines is 1. The number of hydrogen-bond acceptors (Lipinski definition) is 6. The summed E-state index contributed by atoms with van der Waals surface area (Å²) in [7, 11) is 1.58. The average molecular weight is 338 g/mol. The Morgan fingerprint density at radius 2 is 2.10 bits per heavy atom. The Bertz CT molecular complexity index is 634. The van der Waals surface area contributed by atoms with Crippen LogP contribution < -0.4 is 10.5 Å². The molecule has 0 amide bonds. The summed E-state index contributed by atoms with van der Waals surface area (Å²) < 4.78 is 11.0. The number of rotatable bonds is 4. The van der Waals surface area contributed by atoms with Crippen LogP contribution in [0.25, 0.3) is 0 Å². The number of aromatic nitrogens is 2. The van der Waals surface area contributed by atoms with Gasteiger partial charge >= 0.3 is 5.97 Å². The lowest BCUT2D eigenvalue weighted by molar-refractivity contribution is 0.0466. The highest BCUT2D eigenvalue weighted by molar-refractivity contribution is 9.10. The molecule has 6 nitrogen and oxygen atoms in total. The molecular formula is C13H12BrN3O3. The lowest BCUT2D eigenvalue weighted by atomic mass is 10.2. The molecular weight excluding hydrogens is 326 g/mol. The minimum Gasteiger partial charge on any atom is -0.496 e. The summed E-state index contributed by atoms with van der Waals surface area (Å²) in [6.07, 6.45) is 2.80. The van der Waals surface area contributed by atoms with Crippen molar-refractivity contribution in [2.45, 2.75) is 6.61 Å². The van der Waals surface area contributed by atoms with Crippen LogP contribution >= 0.6 is 15.9 Å². The highest BCUT2D eigenvalue weighted by atomic mass is 79.9. The van der Waals surface area contributed by atoms with Crippen molar-refractivity contribution in [3.8, 4) is 5.75 Å². The molecule has 2 N–H and O–H groups in total. The van der Waals surface area contributed by atoms with E-state index in [0.29, 0.717) is 5.75 Å². The number of ether oxygens (including phenoxy) is 2. The lowest BCUT2D eigenvalue weighted by Gasteiger charge is -2.08. The molecule has 0 saturated carbocycles. The van der Waals surface area contributed by atoms with Crippen LogP contribution in [0.4, 0.5) is 5.82 Å². The number of halogens is 1. The molecule has 0 spiro atoms. The molecule has 0 atom stereocenters. The molecule has 0 unspecified atom stereocenters. The summed E-state index contributed by atoms with van der Waals surface area (Å²) >= 11 is 3.36. The number of benzene rings is 1. The Morgan fingerprint density at radius 1 is 1.35 bits per heavy atom. The van der Waals surface area contributed by atoms with Crippen molar-refractivity contribution in [1.29, 1.82) is 0 Å². The Morgan fingerprint density at radius 3 is 2.75 bits per heavy atom. The quantitative estimate of drug-likeness (QED) is 0.860. The van der Waals surface area contributed by atoms with E-state index >= 15 is 0 Å². The average Bonchev–Trinajstić information content (AvgIpc) is 2.45. The second-order valence-corrected chi connectivity index (χ2v) is 4.69. The monoisotopic (exact) mass is 337 g/mol. The number of carbonyl (C=O) groups is 1. The van der Waals surface area contributed by atoms with Gasteiger partial charge in [-0.3, -0.25) is 0 Å². The Kier molecular flexibility index (Phi) is 4.52. The highest BCUT2D eigenvalue weighted by Crippen LogP contribution is 2.25. The van der Waals surface area contributed by atoms with Gasteiger partial charge in [0.25, 0.3) is 0 Å². The van der Waals surface area contributed by atoms with Crippen molar-refractivity contribution >= 4 is 27.7 Å². The number of carbonyl (C=O) groups excluding carboxylic acids is 1. The Balaban J connectivity index is 2.04. The second kappa shape index (κ2) is 6.33. The van der Waals surface area contributed by atoms with Gasteiger partial charge in [-0.2, -0.15) is 0 Å². The normalized spacial score (nSPS) is 10.1. The van der Waals surface area contributed by atoms with E-state index in [1.807, 2.05) is 6.07 Å². The van der Waals surface area contributed by atoms with Gasteiger partial charge in [0.1, 0.15) is 12.4 Å². The molecule has 0 saturated heterocycles. The third kappa shape index (κ3) is 3.24. The van der Waals surface area contributed by atoms with Crippen LogP contribution in [0.3, 0.4) is 0 Å². The molecule has 20 heavy (non-hydrogen) atoms. The molecule has 0 radical (unpaired) electrons. The predicted molar refractivity (Wildman–Crippen MR) is 76.3 cm³/mol. The van der Waals surface area contributed by atoms with Crippen molar-refractivity contribution < 1.29 is 14.3 Å². The SMILES string of the molecule is COc1ccc(COC(=O)c2nccnc2N)cc1Br. The highest BCUT2D eigenvalue weighted by Gasteiger charge is 2.13. The molecule has 0 aliphatic rings. The molecule has 2 aromatic rings. The zero-order valence-electron chi connectivity index (χ0n) is 10.7. The van der Waals surface area contributed by atoms with E-state index in [1.165, 1.54) is 12.4 Å². The first kappa shape index (κ1) is 14.3. The van der Waals surface area contributed by atoms with Gasteiger partial charge in [-0.05, 0) is 33.6 Å². The number of nitrogens with zero attached hydrogens (tertiary/aromatic N) is 2. The molecule has 0 aliphatic heterocycles. The topological polar surface area (TPSA) is 87.3 Å². The van der Waals surface area contributed by atoms with Crippen LogP contribution in [0.2, 0.25) is 0 Å². The van der Waals surface area contributed by atoms with E-state index < -0.39 is 5.97 Å². The van der Waals surface area contributed by atoms with Crippen LogP contribution in [-0.2, 0) is 11.3 Å². The number of nitrogens with two attached hydrogens (primary N) is 1. The number of methoxy groups -OCH3 is 1. The summed E-state index contributed by atoms with van der Waals surface area (Å²) in [6, 6.07) is 5.40. The summed E-state index contributed by atoms with van der Waals surface area (Å²) in [5.41, 5.74) is 6.38. The Hall–Kier alpha value is -2.15. The van der Waals surface area contributed by atoms with Crippen LogP contribution in [0.15, 0.2) is 35.1 Å². The van der Waals surface area contributed by atoms with Crippen molar-refractivity contribution in [1.82, 2.24) is 9.97 Å². The van der Waals surface area contributed by atoms with E-state index in [1.54, 1.807) is 19.2 Å². The third-order valence-corrected chi connectivity index (χ3v) is 3.13. The lowest BCUT2D eigenvalue weighted by Crippen LogP contribution is -2.11. The van der Waals surface area contributed by atoms with Gasteiger partial charge in [0.2, 0.25) is 0 Å². The maximum absolute atomic E-state index is 11.8. The molecule has 7 heteroatoms. The summed E-state index contributed by atoms with van der Waals surface area (Å²) in [5, 5.41) is 0. The van der Waals surface area contributed by atoms with E-state index in [9.17, 15) is 4.79 Å². The molecule has 104 valence electrons. The number of hydrogen-bond donors (Lipinski definition) is 1. The van der Waals surface area contributed by atoms with E-state index in [4.69, 9.17) is 15.2 Å². The smallest absolute Gasteiger partial charge is 0.361 e. The zero-order chi connectivity index (χ0) is 14.5. The molecule has 0 aliphatic carbocycles.